The molecule has 0 aliphatic rings. The minimum absolute atomic E-state index is 0.473. The lowest BCUT2D eigenvalue weighted by Crippen LogP contribution is -2.03. The molecule has 2 aromatic rings. The largest absolute Gasteiger partial charge is 0.416 e. The van der Waals surface area contributed by atoms with E-state index in [1.54, 1.807) is 18.2 Å². The van der Waals surface area contributed by atoms with Crippen molar-refractivity contribution >= 4 is 11.6 Å². The Hall–Kier alpha value is -1.48. The number of benzene rings is 2. The van der Waals surface area contributed by atoms with Gasteiger partial charge >= 0.3 is 6.18 Å². The van der Waals surface area contributed by atoms with E-state index in [9.17, 15) is 13.2 Å². The van der Waals surface area contributed by atoms with Crippen LogP contribution in [-0.2, 0) is 6.18 Å². The maximum absolute atomic E-state index is 12.4. The van der Waals surface area contributed by atoms with Crippen molar-refractivity contribution in [3.8, 4) is 11.1 Å². The molecule has 2 aromatic carbocycles. The van der Waals surface area contributed by atoms with Crippen LogP contribution in [0.2, 0.25) is 5.02 Å². The quantitative estimate of drug-likeness (QED) is 0.685. The van der Waals surface area contributed by atoms with Crippen LogP contribution in [0.5, 0.6) is 0 Å². The Morgan fingerprint density at radius 2 is 1.47 bits per heavy atom. The second-order valence-corrected chi connectivity index (χ2v) is 3.91. The van der Waals surface area contributed by atoms with Gasteiger partial charge in [0.05, 0.1) is 5.56 Å². The van der Waals surface area contributed by atoms with Crippen molar-refractivity contribution in [1.82, 2.24) is 0 Å². The number of alkyl halides is 3. The van der Waals surface area contributed by atoms with Gasteiger partial charge in [-0.15, -0.1) is 0 Å². The summed E-state index contributed by atoms with van der Waals surface area (Å²) in [7, 11) is 0. The molecule has 0 aliphatic heterocycles. The molecule has 17 heavy (non-hydrogen) atoms. The van der Waals surface area contributed by atoms with Crippen LogP contribution in [0.25, 0.3) is 11.1 Å². The van der Waals surface area contributed by atoms with E-state index in [1.807, 2.05) is 0 Å². The lowest BCUT2D eigenvalue weighted by molar-refractivity contribution is -0.137. The van der Waals surface area contributed by atoms with Gasteiger partial charge in [-0.2, -0.15) is 13.2 Å². The molecule has 4 heteroatoms. The molecule has 0 fully saturated rings. The molecule has 0 nitrogen and oxygen atoms in total. The van der Waals surface area contributed by atoms with Gasteiger partial charge in [0.1, 0.15) is 0 Å². The predicted molar refractivity (Wildman–Crippen MR) is 60.7 cm³/mol. The second kappa shape index (κ2) is 4.41. The fraction of sp³-hybridized carbons (Fsp3) is 0.0769. The molecular formula is C13H7ClF3. The van der Waals surface area contributed by atoms with E-state index in [4.69, 9.17) is 11.6 Å². The van der Waals surface area contributed by atoms with Crippen molar-refractivity contribution in [3.05, 3.63) is 59.1 Å². The van der Waals surface area contributed by atoms with Gasteiger partial charge in [0.25, 0.3) is 0 Å². The molecule has 0 unspecified atom stereocenters. The van der Waals surface area contributed by atoms with Gasteiger partial charge in [0.2, 0.25) is 0 Å². The van der Waals surface area contributed by atoms with Crippen LogP contribution in [0.3, 0.4) is 0 Å². The van der Waals surface area contributed by atoms with Gasteiger partial charge in [0.15, 0.2) is 0 Å². The summed E-state index contributed by atoms with van der Waals surface area (Å²) in [6.45, 7) is 0. The minimum Gasteiger partial charge on any atom is -0.166 e. The first-order valence-electron chi connectivity index (χ1n) is 4.82. The molecule has 0 N–H and O–H groups in total. The van der Waals surface area contributed by atoms with E-state index in [-0.39, 0.29) is 0 Å². The van der Waals surface area contributed by atoms with Gasteiger partial charge < -0.3 is 0 Å². The highest BCUT2D eigenvalue weighted by atomic mass is 35.5. The third-order valence-corrected chi connectivity index (χ3v) is 2.56. The highest BCUT2D eigenvalue weighted by molar-refractivity contribution is 6.30. The van der Waals surface area contributed by atoms with Crippen LogP contribution in [0.1, 0.15) is 5.56 Å². The first-order valence-corrected chi connectivity index (χ1v) is 5.19. The zero-order chi connectivity index (χ0) is 12.5. The average molecular weight is 256 g/mol. The highest BCUT2D eigenvalue weighted by Gasteiger charge is 2.29. The van der Waals surface area contributed by atoms with E-state index in [2.05, 4.69) is 6.07 Å². The molecule has 0 saturated carbocycles. The monoisotopic (exact) mass is 255 g/mol. The Kier molecular flexibility index (Phi) is 3.11. The van der Waals surface area contributed by atoms with E-state index in [1.165, 1.54) is 12.1 Å². The smallest absolute Gasteiger partial charge is 0.166 e. The molecule has 0 atom stereocenters. The van der Waals surface area contributed by atoms with Gasteiger partial charge in [-0.25, -0.2) is 0 Å². The van der Waals surface area contributed by atoms with Gasteiger partial charge in [-0.1, -0.05) is 29.8 Å². The molecule has 0 heterocycles. The van der Waals surface area contributed by atoms with Crippen LogP contribution < -0.4 is 0 Å². The zero-order valence-corrected chi connectivity index (χ0v) is 9.31. The fourth-order valence-electron chi connectivity index (χ4n) is 1.44. The lowest BCUT2D eigenvalue weighted by atomic mass is 10.0. The normalized spacial score (nSPS) is 11.5. The zero-order valence-electron chi connectivity index (χ0n) is 8.55. The van der Waals surface area contributed by atoms with E-state index < -0.39 is 11.7 Å². The van der Waals surface area contributed by atoms with Crippen LogP contribution in [0.15, 0.2) is 42.5 Å². The molecule has 87 valence electrons. The molecule has 0 spiro atoms. The molecule has 0 saturated heterocycles. The third-order valence-electron chi connectivity index (χ3n) is 2.32. The van der Waals surface area contributed by atoms with Crippen molar-refractivity contribution in [2.75, 3.05) is 0 Å². The van der Waals surface area contributed by atoms with Crippen molar-refractivity contribution in [2.24, 2.45) is 0 Å². The lowest BCUT2D eigenvalue weighted by Gasteiger charge is -2.07. The summed E-state index contributed by atoms with van der Waals surface area (Å²) in [5.74, 6) is 0. The Balaban J connectivity index is 2.33. The first kappa shape index (κ1) is 12.0. The van der Waals surface area contributed by atoms with Crippen molar-refractivity contribution in [1.29, 1.82) is 0 Å². The summed E-state index contributed by atoms with van der Waals surface area (Å²) < 4.78 is 37.1. The van der Waals surface area contributed by atoms with Crippen LogP contribution >= 0.6 is 11.6 Å². The Labute approximate surface area is 102 Å². The molecule has 1 radical (unpaired) electrons. The van der Waals surface area contributed by atoms with Gasteiger partial charge in [-0.05, 0) is 35.4 Å². The van der Waals surface area contributed by atoms with E-state index in [0.29, 0.717) is 10.6 Å². The van der Waals surface area contributed by atoms with Gasteiger partial charge in [-0.3, -0.25) is 0 Å². The number of rotatable bonds is 1. The van der Waals surface area contributed by atoms with Crippen LogP contribution in [0.4, 0.5) is 13.2 Å². The number of hydrogen-bond donors (Lipinski definition) is 0. The fourth-order valence-corrected chi connectivity index (χ4v) is 1.55. The molecule has 0 bridgehead atoms. The maximum atomic E-state index is 12.4. The summed E-state index contributed by atoms with van der Waals surface area (Å²) in [5.41, 5.74) is 0.827. The van der Waals surface area contributed by atoms with E-state index >= 15 is 0 Å². The molecule has 0 aromatic heterocycles. The summed E-state index contributed by atoms with van der Waals surface area (Å²) in [4.78, 5) is 0. The number of halogens is 4. The summed E-state index contributed by atoms with van der Waals surface area (Å²) in [6, 6.07) is 12.8. The standard InChI is InChI=1S/C13H7ClF3/c14-12-7-3-10(4-8-12)9-1-5-11(6-2-9)13(15,16)17/h1-7H. The molecular weight excluding hydrogens is 249 g/mol. The predicted octanol–water partition coefficient (Wildman–Crippen LogP) is 4.83. The van der Waals surface area contributed by atoms with Crippen molar-refractivity contribution < 1.29 is 13.2 Å². The summed E-state index contributed by atoms with van der Waals surface area (Å²) >= 11 is 5.68. The Morgan fingerprint density at radius 1 is 0.882 bits per heavy atom. The molecule has 2 rings (SSSR count). The Morgan fingerprint density at radius 3 is 1.94 bits per heavy atom. The summed E-state index contributed by atoms with van der Waals surface area (Å²) in [5, 5.41) is 0.473. The maximum Gasteiger partial charge on any atom is 0.416 e. The SMILES string of the molecule is FC(F)(F)c1ccc(-c2c[c]c(Cl)cc2)cc1. The molecule has 0 amide bonds. The number of hydrogen-bond acceptors (Lipinski definition) is 0. The van der Waals surface area contributed by atoms with E-state index in [0.717, 1.165) is 17.7 Å². The topological polar surface area (TPSA) is 0 Å². The minimum atomic E-state index is -4.30. The second-order valence-electron chi connectivity index (χ2n) is 3.50. The summed E-state index contributed by atoms with van der Waals surface area (Å²) in [6.07, 6.45) is -4.30. The highest BCUT2D eigenvalue weighted by Crippen LogP contribution is 2.31. The Bertz CT molecular complexity index is 498. The van der Waals surface area contributed by atoms with Crippen LogP contribution in [-0.4, -0.2) is 0 Å². The van der Waals surface area contributed by atoms with Crippen molar-refractivity contribution in [2.45, 2.75) is 6.18 Å². The van der Waals surface area contributed by atoms with Crippen molar-refractivity contribution in [3.63, 3.8) is 0 Å². The average Bonchev–Trinajstić information content (AvgIpc) is 2.29. The molecule has 0 aliphatic carbocycles. The first-order chi connectivity index (χ1) is 7.97. The third kappa shape index (κ3) is 2.80. The van der Waals surface area contributed by atoms with Crippen LogP contribution in [0, 0.1) is 6.07 Å². The van der Waals surface area contributed by atoms with Gasteiger partial charge in [0, 0.05) is 11.1 Å².